The van der Waals surface area contributed by atoms with Crippen LogP contribution in [0.15, 0.2) is 82.5 Å². The highest BCUT2D eigenvalue weighted by Gasteiger charge is 2.14. The lowest BCUT2D eigenvalue weighted by molar-refractivity contribution is 0.601. The third-order valence-electron chi connectivity index (χ3n) is 4.35. The summed E-state index contributed by atoms with van der Waals surface area (Å²) in [5.41, 5.74) is 2.48. The molecular formula is C21H17N3O3S. The fourth-order valence-corrected chi connectivity index (χ4v) is 3.91. The third-order valence-corrected chi connectivity index (χ3v) is 5.75. The number of sulfonamides is 1. The van der Waals surface area contributed by atoms with E-state index in [2.05, 4.69) is 14.7 Å². The van der Waals surface area contributed by atoms with Gasteiger partial charge in [-0.2, -0.15) is 0 Å². The summed E-state index contributed by atoms with van der Waals surface area (Å²) in [4.78, 5) is 19.7. The van der Waals surface area contributed by atoms with Crippen molar-refractivity contribution in [3.05, 3.63) is 88.7 Å². The van der Waals surface area contributed by atoms with Crippen LogP contribution in [0.3, 0.4) is 0 Å². The molecule has 0 spiro atoms. The van der Waals surface area contributed by atoms with Crippen LogP contribution in [0, 0.1) is 6.92 Å². The number of aryl methyl sites for hydroxylation is 1. The van der Waals surface area contributed by atoms with Gasteiger partial charge in [0.05, 0.1) is 15.8 Å². The van der Waals surface area contributed by atoms with Crippen LogP contribution in [-0.2, 0) is 10.0 Å². The lowest BCUT2D eigenvalue weighted by Gasteiger charge is -2.09. The Bertz CT molecular complexity index is 1310. The highest BCUT2D eigenvalue weighted by atomic mass is 32.2. The summed E-state index contributed by atoms with van der Waals surface area (Å²) in [5.74, 6) is 0.427. The first-order valence-corrected chi connectivity index (χ1v) is 10.1. The summed E-state index contributed by atoms with van der Waals surface area (Å²) in [7, 11) is -3.67. The normalized spacial score (nSPS) is 11.5. The fourth-order valence-electron chi connectivity index (χ4n) is 2.85. The molecule has 0 aliphatic rings. The molecule has 6 nitrogen and oxygen atoms in total. The smallest absolute Gasteiger partial charge is 0.261 e. The highest BCUT2D eigenvalue weighted by molar-refractivity contribution is 7.92. The Morgan fingerprint density at radius 3 is 2.29 bits per heavy atom. The van der Waals surface area contributed by atoms with Gasteiger partial charge in [-0.15, -0.1) is 0 Å². The molecule has 0 radical (unpaired) electrons. The van der Waals surface area contributed by atoms with Crippen LogP contribution >= 0.6 is 0 Å². The summed E-state index contributed by atoms with van der Waals surface area (Å²) >= 11 is 0. The van der Waals surface area contributed by atoms with Gasteiger partial charge in [-0.05, 0) is 55.5 Å². The molecule has 28 heavy (non-hydrogen) atoms. The number of fused-ring (bicyclic) bond motifs is 1. The van der Waals surface area contributed by atoms with E-state index < -0.39 is 10.0 Å². The largest absolute Gasteiger partial charge is 0.306 e. The number of nitrogens with one attached hydrogen (secondary N) is 2. The molecule has 0 unspecified atom stereocenters. The maximum Gasteiger partial charge on any atom is 0.261 e. The standard InChI is InChI=1S/C21H17N3O3S/c1-14-6-12-17(13-7-14)28(26,27)24-16-10-8-15(9-11-16)20-22-19-5-3-2-4-18(19)21(25)23-20/h2-13,24H,1H3,(H,22,23,25). The lowest BCUT2D eigenvalue weighted by atomic mass is 10.2. The summed E-state index contributed by atoms with van der Waals surface area (Å²) in [5, 5.41) is 0.522. The number of H-pyrrole nitrogens is 1. The van der Waals surface area contributed by atoms with Crippen LogP contribution in [0.4, 0.5) is 5.69 Å². The number of aromatic nitrogens is 2. The average Bonchev–Trinajstić information content (AvgIpc) is 2.68. The van der Waals surface area contributed by atoms with Gasteiger partial charge in [0.1, 0.15) is 5.82 Å². The van der Waals surface area contributed by atoms with Crippen molar-refractivity contribution in [2.24, 2.45) is 0 Å². The van der Waals surface area contributed by atoms with E-state index in [1.807, 2.05) is 13.0 Å². The molecule has 3 aromatic carbocycles. The zero-order chi connectivity index (χ0) is 19.7. The van der Waals surface area contributed by atoms with E-state index in [1.54, 1.807) is 66.7 Å². The first kappa shape index (κ1) is 17.9. The minimum Gasteiger partial charge on any atom is -0.306 e. The highest BCUT2D eigenvalue weighted by Crippen LogP contribution is 2.21. The summed E-state index contributed by atoms with van der Waals surface area (Å²) in [6.45, 7) is 1.90. The second kappa shape index (κ2) is 6.94. The van der Waals surface area contributed by atoms with E-state index in [9.17, 15) is 13.2 Å². The van der Waals surface area contributed by atoms with Crippen molar-refractivity contribution in [2.75, 3.05) is 4.72 Å². The van der Waals surface area contributed by atoms with Crippen molar-refractivity contribution in [3.63, 3.8) is 0 Å². The van der Waals surface area contributed by atoms with Crippen molar-refractivity contribution >= 4 is 26.6 Å². The molecule has 4 aromatic rings. The number of rotatable bonds is 4. The van der Waals surface area contributed by atoms with Crippen LogP contribution in [0.5, 0.6) is 0 Å². The molecule has 7 heteroatoms. The quantitative estimate of drug-likeness (QED) is 0.555. The molecule has 0 bridgehead atoms. The van der Waals surface area contributed by atoms with Crippen molar-refractivity contribution in [2.45, 2.75) is 11.8 Å². The Labute approximate surface area is 162 Å². The molecule has 140 valence electrons. The van der Waals surface area contributed by atoms with Gasteiger partial charge in [0.2, 0.25) is 0 Å². The minimum atomic E-state index is -3.67. The predicted octanol–water partition coefficient (Wildman–Crippen LogP) is 3.70. The summed E-state index contributed by atoms with van der Waals surface area (Å²) in [6, 6.07) is 20.4. The van der Waals surface area contributed by atoms with Gasteiger partial charge in [0.25, 0.3) is 15.6 Å². The van der Waals surface area contributed by atoms with E-state index in [0.29, 0.717) is 28.0 Å². The molecule has 0 atom stereocenters. The number of aromatic amines is 1. The Morgan fingerprint density at radius 2 is 1.57 bits per heavy atom. The zero-order valence-electron chi connectivity index (χ0n) is 15.0. The Hall–Kier alpha value is -3.45. The number of para-hydroxylation sites is 1. The molecule has 0 amide bonds. The zero-order valence-corrected chi connectivity index (χ0v) is 15.8. The molecular weight excluding hydrogens is 374 g/mol. The average molecular weight is 391 g/mol. The maximum absolute atomic E-state index is 12.5. The number of hydrogen-bond acceptors (Lipinski definition) is 4. The predicted molar refractivity (Wildman–Crippen MR) is 110 cm³/mol. The number of hydrogen-bond donors (Lipinski definition) is 2. The molecule has 0 saturated carbocycles. The van der Waals surface area contributed by atoms with E-state index >= 15 is 0 Å². The molecule has 0 aliphatic carbocycles. The van der Waals surface area contributed by atoms with Gasteiger partial charge in [-0.3, -0.25) is 9.52 Å². The first-order valence-electron chi connectivity index (χ1n) is 8.61. The molecule has 2 N–H and O–H groups in total. The van der Waals surface area contributed by atoms with Gasteiger partial charge < -0.3 is 4.98 Å². The SMILES string of the molecule is Cc1ccc(S(=O)(=O)Nc2ccc(-c3nc4ccccc4c(=O)[nH]3)cc2)cc1. The van der Waals surface area contributed by atoms with Crippen molar-refractivity contribution in [3.8, 4) is 11.4 Å². The van der Waals surface area contributed by atoms with Crippen molar-refractivity contribution < 1.29 is 8.42 Å². The van der Waals surface area contributed by atoms with Crippen molar-refractivity contribution in [1.29, 1.82) is 0 Å². The monoisotopic (exact) mass is 391 g/mol. The van der Waals surface area contributed by atoms with Crippen LogP contribution in [0.1, 0.15) is 5.56 Å². The molecule has 1 aromatic heterocycles. The van der Waals surface area contributed by atoms with Crippen LogP contribution in [0.25, 0.3) is 22.3 Å². The number of nitrogens with zero attached hydrogens (tertiary/aromatic N) is 1. The van der Waals surface area contributed by atoms with E-state index in [4.69, 9.17) is 0 Å². The fraction of sp³-hybridized carbons (Fsp3) is 0.0476. The topological polar surface area (TPSA) is 91.9 Å². The second-order valence-corrected chi connectivity index (χ2v) is 8.11. The summed E-state index contributed by atoms with van der Waals surface area (Å²) < 4.78 is 27.5. The van der Waals surface area contributed by atoms with Gasteiger partial charge in [0, 0.05) is 11.3 Å². The van der Waals surface area contributed by atoms with E-state index in [-0.39, 0.29) is 10.5 Å². The minimum absolute atomic E-state index is 0.197. The Morgan fingerprint density at radius 1 is 0.893 bits per heavy atom. The summed E-state index contributed by atoms with van der Waals surface area (Å²) in [6.07, 6.45) is 0. The molecule has 0 fully saturated rings. The van der Waals surface area contributed by atoms with E-state index in [0.717, 1.165) is 5.56 Å². The lowest BCUT2D eigenvalue weighted by Crippen LogP contribution is -2.13. The second-order valence-electron chi connectivity index (χ2n) is 6.43. The van der Waals surface area contributed by atoms with Gasteiger partial charge in [-0.1, -0.05) is 29.8 Å². The van der Waals surface area contributed by atoms with Crippen LogP contribution < -0.4 is 10.3 Å². The van der Waals surface area contributed by atoms with Gasteiger partial charge >= 0.3 is 0 Å². The van der Waals surface area contributed by atoms with Crippen molar-refractivity contribution in [1.82, 2.24) is 9.97 Å². The molecule has 0 aliphatic heterocycles. The molecule has 4 rings (SSSR count). The third kappa shape index (κ3) is 3.52. The molecule has 1 heterocycles. The van der Waals surface area contributed by atoms with Crippen LogP contribution in [0.2, 0.25) is 0 Å². The van der Waals surface area contributed by atoms with Gasteiger partial charge in [-0.25, -0.2) is 13.4 Å². The number of benzene rings is 3. The van der Waals surface area contributed by atoms with E-state index in [1.165, 1.54) is 0 Å². The molecule has 0 saturated heterocycles. The maximum atomic E-state index is 12.5. The van der Waals surface area contributed by atoms with Crippen LogP contribution in [-0.4, -0.2) is 18.4 Å². The Kier molecular flexibility index (Phi) is 4.44. The van der Waals surface area contributed by atoms with Gasteiger partial charge in [0.15, 0.2) is 0 Å². The first-order chi connectivity index (χ1) is 13.4. The Balaban J connectivity index is 1.62. The number of anilines is 1.